The van der Waals surface area contributed by atoms with Gasteiger partial charge in [-0.2, -0.15) is 0 Å². The number of rotatable bonds is 6. The minimum atomic E-state index is 0.244. The summed E-state index contributed by atoms with van der Waals surface area (Å²) >= 11 is 5.13. The molecule has 1 rings (SSSR count). The second-order valence-electron chi connectivity index (χ2n) is 4.31. The van der Waals surface area contributed by atoms with Gasteiger partial charge in [0, 0.05) is 32.7 Å². The minimum Gasteiger partial charge on any atom is -0.395 e. The van der Waals surface area contributed by atoms with E-state index >= 15 is 0 Å². The van der Waals surface area contributed by atoms with E-state index in [1.807, 2.05) is 0 Å². The van der Waals surface area contributed by atoms with Gasteiger partial charge >= 0.3 is 0 Å². The smallest absolute Gasteiger partial charge is 0.0902 e. The topological polar surface area (TPSA) is 52.7 Å². The zero-order chi connectivity index (χ0) is 12.0. The quantitative estimate of drug-likeness (QED) is 0.648. The summed E-state index contributed by atoms with van der Waals surface area (Å²) in [4.78, 5) is 5.27. The molecular formula is C11H23N3OS. The molecule has 0 saturated carbocycles. The van der Waals surface area contributed by atoms with Crippen LogP contribution in [-0.4, -0.2) is 65.3 Å². The first-order valence-corrected chi connectivity index (χ1v) is 6.46. The number of thiocarbonyl (C=S) groups is 1. The number of hydrogen-bond acceptors (Lipinski definition) is 4. The zero-order valence-corrected chi connectivity index (χ0v) is 10.9. The maximum atomic E-state index is 8.87. The summed E-state index contributed by atoms with van der Waals surface area (Å²) in [6.45, 7) is 7.19. The first kappa shape index (κ1) is 13.8. The summed E-state index contributed by atoms with van der Waals surface area (Å²) in [5.74, 6) is 0. The van der Waals surface area contributed by atoms with Crippen molar-refractivity contribution in [3.8, 4) is 0 Å². The van der Waals surface area contributed by atoms with E-state index in [-0.39, 0.29) is 12.6 Å². The van der Waals surface area contributed by atoms with Crippen LogP contribution in [0.5, 0.6) is 0 Å². The molecule has 1 saturated heterocycles. The lowest BCUT2D eigenvalue weighted by Gasteiger charge is -2.38. The zero-order valence-electron chi connectivity index (χ0n) is 10.1. The Morgan fingerprint density at radius 3 is 2.44 bits per heavy atom. The number of aliphatic hydroxyl groups excluding tert-OH is 1. The summed E-state index contributed by atoms with van der Waals surface area (Å²) in [6.07, 6.45) is 2.16. The van der Waals surface area contributed by atoms with Gasteiger partial charge in [-0.1, -0.05) is 25.6 Å². The normalized spacial score (nSPS) is 20.9. The standard InChI is InChI=1S/C11H23N3OS/c1-2-3-10(11(12)16)14-6-4-13(5-7-14)8-9-15/h10,15H,2-9H2,1H3,(H2,12,16). The van der Waals surface area contributed by atoms with E-state index in [1.54, 1.807) is 0 Å². The molecule has 1 heterocycles. The first-order valence-electron chi connectivity index (χ1n) is 6.05. The third kappa shape index (κ3) is 3.97. The molecule has 1 fully saturated rings. The van der Waals surface area contributed by atoms with Crippen LogP contribution < -0.4 is 5.73 Å². The van der Waals surface area contributed by atoms with Crippen LogP contribution >= 0.6 is 12.2 Å². The molecule has 0 amide bonds. The van der Waals surface area contributed by atoms with Crippen LogP contribution in [0.1, 0.15) is 19.8 Å². The number of β-amino-alcohol motifs (C(OH)–C–C–N with tert-alkyl or cyclic N) is 1. The fourth-order valence-electron chi connectivity index (χ4n) is 2.22. The molecule has 1 atom stereocenters. The van der Waals surface area contributed by atoms with Gasteiger partial charge < -0.3 is 10.8 Å². The maximum absolute atomic E-state index is 8.87. The van der Waals surface area contributed by atoms with Crippen molar-refractivity contribution in [1.82, 2.24) is 9.80 Å². The van der Waals surface area contributed by atoms with Gasteiger partial charge in [0.15, 0.2) is 0 Å². The highest BCUT2D eigenvalue weighted by molar-refractivity contribution is 7.80. The number of aliphatic hydroxyl groups is 1. The van der Waals surface area contributed by atoms with Crippen molar-refractivity contribution < 1.29 is 5.11 Å². The first-order chi connectivity index (χ1) is 7.69. The molecule has 1 aliphatic rings. The highest BCUT2D eigenvalue weighted by Gasteiger charge is 2.24. The molecule has 1 aliphatic heterocycles. The molecule has 0 spiro atoms. The van der Waals surface area contributed by atoms with Crippen LogP contribution in [-0.2, 0) is 0 Å². The van der Waals surface area contributed by atoms with Gasteiger partial charge in [0.2, 0.25) is 0 Å². The molecule has 1 unspecified atom stereocenters. The SMILES string of the molecule is CCCC(C(N)=S)N1CCN(CCO)CC1. The van der Waals surface area contributed by atoms with Gasteiger partial charge in [-0.25, -0.2) is 0 Å². The maximum Gasteiger partial charge on any atom is 0.0902 e. The van der Waals surface area contributed by atoms with Crippen molar-refractivity contribution >= 4 is 17.2 Å². The van der Waals surface area contributed by atoms with Crippen LogP contribution in [0.15, 0.2) is 0 Å². The molecule has 0 aromatic rings. The monoisotopic (exact) mass is 245 g/mol. The average molecular weight is 245 g/mol. The van der Waals surface area contributed by atoms with Gasteiger partial charge in [0.1, 0.15) is 0 Å². The van der Waals surface area contributed by atoms with Crippen LogP contribution in [0, 0.1) is 0 Å². The fourth-order valence-corrected chi connectivity index (χ4v) is 2.49. The Balaban J connectivity index is 2.41. The molecular weight excluding hydrogens is 222 g/mol. The number of nitrogens with zero attached hydrogens (tertiary/aromatic N) is 2. The van der Waals surface area contributed by atoms with Crippen molar-refractivity contribution in [2.24, 2.45) is 5.73 Å². The van der Waals surface area contributed by atoms with E-state index in [4.69, 9.17) is 23.1 Å². The predicted octanol–water partition coefficient (Wildman–Crippen LogP) is 0.0511. The molecule has 0 aromatic heterocycles. The Bertz CT molecular complexity index is 217. The highest BCUT2D eigenvalue weighted by Crippen LogP contribution is 2.11. The third-order valence-corrected chi connectivity index (χ3v) is 3.43. The molecule has 94 valence electrons. The van der Waals surface area contributed by atoms with Crippen molar-refractivity contribution in [1.29, 1.82) is 0 Å². The van der Waals surface area contributed by atoms with E-state index in [2.05, 4.69) is 16.7 Å². The van der Waals surface area contributed by atoms with Crippen molar-refractivity contribution in [3.63, 3.8) is 0 Å². The van der Waals surface area contributed by atoms with Crippen LogP contribution in [0.2, 0.25) is 0 Å². The Kier molecular flexibility index (Phi) is 6.20. The van der Waals surface area contributed by atoms with E-state index in [9.17, 15) is 0 Å². The summed E-state index contributed by atoms with van der Waals surface area (Å²) in [5.41, 5.74) is 5.78. The average Bonchev–Trinajstić information content (AvgIpc) is 2.27. The molecule has 0 radical (unpaired) electrons. The minimum absolute atomic E-state index is 0.244. The predicted molar refractivity (Wildman–Crippen MR) is 70.6 cm³/mol. The second-order valence-corrected chi connectivity index (χ2v) is 4.78. The van der Waals surface area contributed by atoms with E-state index in [1.165, 1.54) is 0 Å². The Labute approximate surface area is 103 Å². The summed E-state index contributed by atoms with van der Waals surface area (Å²) in [5, 5.41) is 8.87. The molecule has 0 bridgehead atoms. The lowest BCUT2D eigenvalue weighted by Crippen LogP contribution is -2.54. The van der Waals surface area contributed by atoms with Gasteiger partial charge in [0.05, 0.1) is 17.6 Å². The van der Waals surface area contributed by atoms with Crippen molar-refractivity contribution in [3.05, 3.63) is 0 Å². The second kappa shape index (κ2) is 7.17. The van der Waals surface area contributed by atoms with Crippen LogP contribution in [0.4, 0.5) is 0 Å². The molecule has 0 aliphatic carbocycles. The Morgan fingerprint density at radius 1 is 1.38 bits per heavy atom. The van der Waals surface area contributed by atoms with Crippen molar-refractivity contribution in [2.75, 3.05) is 39.3 Å². The molecule has 16 heavy (non-hydrogen) atoms. The van der Waals surface area contributed by atoms with Crippen molar-refractivity contribution in [2.45, 2.75) is 25.8 Å². The van der Waals surface area contributed by atoms with Gasteiger partial charge in [-0.3, -0.25) is 9.80 Å². The van der Waals surface area contributed by atoms with Gasteiger partial charge in [-0.15, -0.1) is 0 Å². The number of nitrogens with two attached hydrogens (primary N) is 1. The summed E-state index contributed by atoms with van der Waals surface area (Å²) in [7, 11) is 0. The summed E-state index contributed by atoms with van der Waals surface area (Å²) < 4.78 is 0. The third-order valence-electron chi connectivity index (χ3n) is 3.15. The number of piperazine rings is 1. The Morgan fingerprint density at radius 2 is 2.00 bits per heavy atom. The molecule has 0 aromatic carbocycles. The van der Waals surface area contributed by atoms with Gasteiger partial charge in [0.25, 0.3) is 0 Å². The van der Waals surface area contributed by atoms with E-state index in [0.717, 1.165) is 45.6 Å². The lowest BCUT2D eigenvalue weighted by molar-refractivity contribution is 0.0989. The highest BCUT2D eigenvalue weighted by atomic mass is 32.1. The molecule has 4 nitrogen and oxygen atoms in total. The fraction of sp³-hybridized carbons (Fsp3) is 0.909. The summed E-state index contributed by atoms with van der Waals surface area (Å²) in [6, 6.07) is 0.260. The number of hydrogen-bond donors (Lipinski definition) is 2. The van der Waals surface area contributed by atoms with Crippen LogP contribution in [0.3, 0.4) is 0 Å². The molecule has 3 N–H and O–H groups in total. The van der Waals surface area contributed by atoms with E-state index in [0.29, 0.717) is 4.99 Å². The molecule has 5 heteroatoms. The van der Waals surface area contributed by atoms with E-state index < -0.39 is 0 Å². The lowest BCUT2D eigenvalue weighted by atomic mass is 10.1. The Hall–Kier alpha value is -0.230. The van der Waals surface area contributed by atoms with Gasteiger partial charge in [-0.05, 0) is 6.42 Å². The largest absolute Gasteiger partial charge is 0.395 e. The van der Waals surface area contributed by atoms with Crippen LogP contribution in [0.25, 0.3) is 0 Å².